The van der Waals surface area contributed by atoms with Crippen LogP contribution in [0.25, 0.3) is 0 Å². The van der Waals surface area contributed by atoms with E-state index < -0.39 is 12.9 Å². The van der Waals surface area contributed by atoms with Crippen LogP contribution in [-0.4, -0.2) is 31.3 Å². The number of anilines is 1. The normalized spacial score (nSPS) is 9.92. The smallest absolute Gasteiger partial charge is 0.423 e. The number of rotatable bonds is 2. The third kappa shape index (κ3) is 2.20. The molecule has 0 aliphatic carbocycles. The molecular weight excluding hydrogens is 172 g/mol. The van der Waals surface area contributed by atoms with Gasteiger partial charge in [-0.1, -0.05) is 0 Å². The van der Waals surface area contributed by atoms with Gasteiger partial charge >= 0.3 is 7.12 Å². The molecule has 5 heteroatoms. The summed E-state index contributed by atoms with van der Waals surface area (Å²) in [5.41, 5.74) is 0.621. The van der Waals surface area contributed by atoms with Gasteiger partial charge in [0.05, 0.1) is 0 Å². The fourth-order valence-electron chi connectivity index (χ4n) is 1.01. The summed E-state index contributed by atoms with van der Waals surface area (Å²) in [5.74, 6) is -0.611. The Morgan fingerprint density at radius 2 is 1.92 bits per heavy atom. The lowest BCUT2D eigenvalue weighted by Gasteiger charge is -2.13. The van der Waals surface area contributed by atoms with Gasteiger partial charge in [0.1, 0.15) is 5.82 Å². The topological polar surface area (TPSA) is 43.7 Å². The van der Waals surface area contributed by atoms with E-state index >= 15 is 0 Å². The van der Waals surface area contributed by atoms with Crippen LogP contribution in [0.4, 0.5) is 10.1 Å². The summed E-state index contributed by atoms with van der Waals surface area (Å²) in [6.07, 6.45) is 0. The van der Waals surface area contributed by atoms with Crippen LogP contribution < -0.4 is 10.4 Å². The molecule has 0 atom stereocenters. The molecule has 0 radical (unpaired) electrons. The monoisotopic (exact) mass is 183 g/mol. The summed E-state index contributed by atoms with van der Waals surface area (Å²) in [6, 6.07) is 4.19. The molecule has 0 aliphatic heterocycles. The molecule has 0 saturated carbocycles. The number of benzene rings is 1. The lowest BCUT2D eigenvalue weighted by atomic mass is 9.79. The van der Waals surface area contributed by atoms with Crippen LogP contribution in [0.3, 0.4) is 0 Å². The van der Waals surface area contributed by atoms with Crippen molar-refractivity contribution in [2.24, 2.45) is 0 Å². The molecule has 13 heavy (non-hydrogen) atoms. The second-order valence-corrected chi connectivity index (χ2v) is 2.97. The zero-order chi connectivity index (χ0) is 10.0. The molecule has 0 bridgehead atoms. The quantitative estimate of drug-likeness (QED) is 0.611. The van der Waals surface area contributed by atoms with Gasteiger partial charge in [0.15, 0.2) is 0 Å². The van der Waals surface area contributed by atoms with E-state index in [1.54, 1.807) is 25.1 Å². The molecule has 2 N–H and O–H groups in total. The Balaban J connectivity index is 3.11. The Morgan fingerprint density at radius 1 is 1.31 bits per heavy atom. The van der Waals surface area contributed by atoms with Crippen LogP contribution in [-0.2, 0) is 0 Å². The van der Waals surface area contributed by atoms with Crippen molar-refractivity contribution in [3.63, 3.8) is 0 Å². The van der Waals surface area contributed by atoms with E-state index in [1.807, 2.05) is 0 Å². The van der Waals surface area contributed by atoms with Gasteiger partial charge in [0, 0.05) is 25.2 Å². The molecule has 0 saturated heterocycles. The van der Waals surface area contributed by atoms with Crippen molar-refractivity contribution in [1.29, 1.82) is 0 Å². The first-order valence-corrected chi connectivity index (χ1v) is 3.85. The van der Waals surface area contributed by atoms with Gasteiger partial charge in [-0.25, -0.2) is 4.39 Å². The minimum Gasteiger partial charge on any atom is -0.423 e. The Hall–Kier alpha value is -1.07. The van der Waals surface area contributed by atoms with E-state index in [9.17, 15) is 4.39 Å². The highest BCUT2D eigenvalue weighted by molar-refractivity contribution is 6.58. The van der Waals surface area contributed by atoms with Crippen molar-refractivity contribution in [2.75, 3.05) is 19.0 Å². The first-order chi connectivity index (χ1) is 6.02. The fourth-order valence-corrected chi connectivity index (χ4v) is 1.01. The second-order valence-electron chi connectivity index (χ2n) is 2.97. The van der Waals surface area contributed by atoms with E-state index in [2.05, 4.69) is 0 Å². The molecule has 0 spiro atoms. The van der Waals surface area contributed by atoms with Gasteiger partial charge in [-0.2, -0.15) is 0 Å². The first-order valence-electron chi connectivity index (χ1n) is 3.85. The average Bonchev–Trinajstić information content (AvgIpc) is 2.04. The SMILES string of the molecule is CN(C)c1ccc(F)c(B(O)O)c1. The summed E-state index contributed by atoms with van der Waals surface area (Å²) in [7, 11) is 1.82. The third-order valence-electron chi connectivity index (χ3n) is 1.77. The van der Waals surface area contributed by atoms with Crippen LogP contribution in [0.5, 0.6) is 0 Å². The van der Waals surface area contributed by atoms with Crippen LogP contribution in [0.1, 0.15) is 0 Å². The molecule has 3 nitrogen and oxygen atoms in total. The maximum absolute atomic E-state index is 12.9. The summed E-state index contributed by atoms with van der Waals surface area (Å²) in [4.78, 5) is 1.76. The van der Waals surface area contributed by atoms with Gasteiger partial charge in [-0.05, 0) is 18.2 Å². The van der Waals surface area contributed by atoms with Crippen molar-refractivity contribution < 1.29 is 14.4 Å². The standard InChI is InChI=1S/C8H11BFNO2/c1-11(2)6-3-4-8(10)7(5-6)9(12)13/h3-5,12-13H,1-2H3. The Bertz CT molecular complexity index is 304. The average molecular weight is 183 g/mol. The Kier molecular flexibility index (Phi) is 2.90. The van der Waals surface area contributed by atoms with E-state index in [0.29, 0.717) is 0 Å². The number of nitrogens with zero attached hydrogens (tertiary/aromatic N) is 1. The Morgan fingerprint density at radius 3 is 2.38 bits per heavy atom. The van der Waals surface area contributed by atoms with Crippen LogP contribution >= 0.6 is 0 Å². The maximum atomic E-state index is 12.9. The zero-order valence-corrected chi connectivity index (χ0v) is 7.53. The minimum atomic E-state index is -1.76. The van der Waals surface area contributed by atoms with Gasteiger partial charge in [0.25, 0.3) is 0 Å². The largest absolute Gasteiger partial charge is 0.491 e. The molecule has 1 rings (SSSR count). The summed E-state index contributed by atoms with van der Waals surface area (Å²) >= 11 is 0. The third-order valence-corrected chi connectivity index (χ3v) is 1.77. The molecule has 1 aromatic rings. The van der Waals surface area contributed by atoms with Gasteiger partial charge in [-0.3, -0.25) is 0 Å². The first kappa shape index (κ1) is 10.0. The molecule has 1 aromatic carbocycles. The molecular formula is C8H11BFNO2. The highest BCUT2D eigenvalue weighted by Gasteiger charge is 2.16. The Labute approximate surface area is 76.6 Å². The lowest BCUT2D eigenvalue weighted by molar-refractivity contribution is 0.423. The van der Waals surface area contributed by atoms with Crippen molar-refractivity contribution in [2.45, 2.75) is 0 Å². The van der Waals surface area contributed by atoms with E-state index in [1.165, 1.54) is 12.1 Å². The minimum absolute atomic E-state index is 0.105. The summed E-state index contributed by atoms with van der Waals surface area (Å²) in [6.45, 7) is 0. The van der Waals surface area contributed by atoms with E-state index in [-0.39, 0.29) is 5.46 Å². The van der Waals surface area contributed by atoms with Crippen molar-refractivity contribution >= 4 is 18.3 Å². The lowest BCUT2D eigenvalue weighted by Crippen LogP contribution is -2.33. The maximum Gasteiger partial charge on any atom is 0.491 e. The molecule has 0 fully saturated rings. The predicted octanol–water partition coefficient (Wildman–Crippen LogP) is -0.429. The zero-order valence-electron chi connectivity index (χ0n) is 7.53. The number of hydrogen-bond donors (Lipinski definition) is 2. The highest BCUT2D eigenvalue weighted by Crippen LogP contribution is 2.09. The van der Waals surface area contributed by atoms with Crippen LogP contribution in [0.2, 0.25) is 0 Å². The van der Waals surface area contributed by atoms with Crippen LogP contribution in [0.15, 0.2) is 18.2 Å². The van der Waals surface area contributed by atoms with Crippen molar-refractivity contribution in [3.8, 4) is 0 Å². The predicted molar refractivity (Wildman–Crippen MR) is 50.6 cm³/mol. The van der Waals surface area contributed by atoms with E-state index in [4.69, 9.17) is 10.0 Å². The number of halogens is 1. The molecule has 0 aliphatic rings. The molecule has 0 amide bonds. The number of hydrogen-bond acceptors (Lipinski definition) is 3. The fraction of sp³-hybridized carbons (Fsp3) is 0.250. The summed E-state index contributed by atoms with van der Waals surface area (Å²) in [5, 5.41) is 17.6. The van der Waals surface area contributed by atoms with Crippen molar-refractivity contribution in [3.05, 3.63) is 24.0 Å². The molecule has 0 aromatic heterocycles. The van der Waals surface area contributed by atoms with Crippen molar-refractivity contribution in [1.82, 2.24) is 0 Å². The van der Waals surface area contributed by atoms with E-state index in [0.717, 1.165) is 5.69 Å². The van der Waals surface area contributed by atoms with Crippen LogP contribution in [0, 0.1) is 5.82 Å². The molecule has 70 valence electrons. The van der Waals surface area contributed by atoms with Gasteiger partial charge < -0.3 is 14.9 Å². The molecule has 0 unspecified atom stereocenters. The summed E-state index contributed by atoms with van der Waals surface area (Å²) < 4.78 is 12.9. The highest BCUT2D eigenvalue weighted by atomic mass is 19.1. The second kappa shape index (κ2) is 3.76. The van der Waals surface area contributed by atoms with Gasteiger partial charge in [0.2, 0.25) is 0 Å². The molecule has 0 heterocycles. The van der Waals surface area contributed by atoms with Gasteiger partial charge in [-0.15, -0.1) is 0 Å².